The van der Waals surface area contributed by atoms with E-state index in [9.17, 15) is 4.79 Å². The van der Waals surface area contributed by atoms with Crippen LogP contribution in [0.3, 0.4) is 0 Å². The molecule has 1 atom stereocenters. The van der Waals surface area contributed by atoms with Gasteiger partial charge in [0.2, 0.25) is 0 Å². The summed E-state index contributed by atoms with van der Waals surface area (Å²) in [6, 6.07) is -0.292. The van der Waals surface area contributed by atoms with Crippen LogP contribution in [0.15, 0.2) is 12.4 Å². The molecule has 0 bridgehead atoms. The zero-order valence-corrected chi connectivity index (χ0v) is 11.9. The number of carbonyl (C=O) groups excluding carboxylic acids is 1. The minimum absolute atomic E-state index is 0.239. The summed E-state index contributed by atoms with van der Waals surface area (Å²) in [4.78, 5) is 11.5. The van der Waals surface area contributed by atoms with Crippen LogP contribution in [0.2, 0.25) is 0 Å². The number of hydrogen-bond acceptors (Lipinski definition) is 5. The summed E-state index contributed by atoms with van der Waals surface area (Å²) in [6.07, 6.45) is 5.14. The Bertz CT molecular complexity index is 379. The zero-order chi connectivity index (χ0) is 14.1. The fraction of sp³-hybridized carbons (Fsp3) is 0.692. The van der Waals surface area contributed by atoms with Crippen molar-refractivity contribution in [3.8, 4) is 5.75 Å². The standard InChI is InChI=1S/C13H23N3O3/c1-4-8-19-11-9-15-16(10-11)7-6-12(14-5-2)13(17)18-3/h9-10,12,14H,4-8H2,1-3H3. The van der Waals surface area contributed by atoms with E-state index in [2.05, 4.69) is 17.3 Å². The van der Waals surface area contributed by atoms with Gasteiger partial charge in [0.15, 0.2) is 5.75 Å². The van der Waals surface area contributed by atoms with Gasteiger partial charge in [0.05, 0.1) is 26.1 Å². The summed E-state index contributed by atoms with van der Waals surface area (Å²) < 4.78 is 12.0. The number of carbonyl (C=O) groups is 1. The second-order valence-electron chi connectivity index (χ2n) is 4.21. The quantitative estimate of drug-likeness (QED) is 0.683. The molecule has 0 saturated heterocycles. The highest BCUT2D eigenvalue weighted by Gasteiger charge is 2.17. The SMILES string of the molecule is CCCOc1cnn(CCC(NCC)C(=O)OC)c1. The van der Waals surface area contributed by atoms with E-state index >= 15 is 0 Å². The van der Waals surface area contributed by atoms with Crippen LogP contribution in [0.5, 0.6) is 5.75 Å². The fourth-order valence-corrected chi connectivity index (χ4v) is 1.71. The molecule has 0 spiro atoms. The summed E-state index contributed by atoms with van der Waals surface area (Å²) in [6.45, 7) is 6.07. The van der Waals surface area contributed by atoms with Crippen molar-refractivity contribution >= 4 is 5.97 Å². The smallest absolute Gasteiger partial charge is 0.322 e. The molecule has 0 aliphatic carbocycles. The molecule has 1 heterocycles. The van der Waals surface area contributed by atoms with Gasteiger partial charge in [-0.05, 0) is 19.4 Å². The maximum atomic E-state index is 11.5. The highest BCUT2D eigenvalue weighted by molar-refractivity contribution is 5.75. The molecule has 6 nitrogen and oxygen atoms in total. The van der Waals surface area contributed by atoms with Crippen LogP contribution in [0.25, 0.3) is 0 Å². The van der Waals surface area contributed by atoms with Crippen molar-refractivity contribution in [1.82, 2.24) is 15.1 Å². The van der Waals surface area contributed by atoms with Crippen LogP contribution < -0.4 is 10.1 Å². The van der Waals surface area contributed by atoms with Crippen LogP contribution in [0.4, 0.5) is 0 Å². The summed E-state index contributed by atoms with van der Waals surface area (Å²) in [5.41, 5.74) is 0. The van der Waals surface area contributed by atoms with Crippen molar-refractivity contribution in [2.24, 2.45) is 0 Å². The molecule has 108 valence electrons. The predicted octanol–water partition coefficient (Wildman–Crippen LogP) is 1.21. The third kappa shape index (κ3) is 5.30. The number of aryl methyl sites for hydroxylation is 1. The molecule has 0 amide bonds. The van der Waals surface area contributed by atoms with Gasteiger partial charge in [0, 0.05) is 6.54 Å². The molecular weight excluding hydrogens is 246 g/mol. The maximum Gasteiger partial charge on any atom is 0.322 e. The largest absolute Gasteiger partial charge is 0.490 e. The average Bonchev–Trinajstić information content (AvgIpc) is 2.88. The average molecular weight is 269 g/mol. The van der Waals surface area contributed by atoms with Gasteiger partial charge in [-0.2, -0.15) is 5.10 Å². The zero-order valence-electron chi connectivity index (χ0n) is 11.9. The third-order valence-corrected chi connectivity index (χ3v) is 2.67. The summed E-state index contributed by atoms with van der Waals surface area (Å²) in [5, 5.41) is 7.30. The lowest BCUT2D eigenvalue weighted by Gasteiger charge is -2.14. The van der Waals surface area contributed by atoms with E-state index in [1.54, 1.807) is 10.9 Å². The molecule has 19 heavy (non-hydrogen) atoms. The minimum Gasteiger partial charge on any atom is -0.490 e. The Morgan fingerprint density at radius 3 is 2.95 bits per heavy atom. The second-order valence-corrected chi connectivity index (χ2v) is 4.21. The number of methoxy groups -OCH3 is 1. The van der Waals surface area contributed by atoms with E-state index in [1.807, 2.05) is 13.1 Å². The Labute approximate surface area is 114 Å². The number of ether oxygens (including phenoxy) is 2. The Morgan fingerprint density at radius 2 is 2.32 bits per heavy atom. The van der Waals surface area contributed by atoms with E-state index in [-0.39, 0.29) is 12.0 Å². The van der Waals surface area contributed by atoms with E-state index < -0.39 is 0 Å². The first-order valence-corrected chi connectivity index (χ1v) is 6.67. The van der Waals surface area contributed by atoms with E-state index in [0.29, 0.717) is 19.6 Å². The Morgan fingerprint density at radius 1 is 1.53 bits per heavy atom. The van der Waals surface area contributed by atoms with Gasteiger partial charge in [-0.1, -0.05) is 13.8 Å². The van der Waals surface area contributed by atoms with Gasteiger partial charge in [-0.25, -0.2) is 0 Å². The number of likely N-dealkylation sites (N-methyl/N-ethyl adjacent to an activating group) is 1. The number of nitrogens with zero attached hydrogens (tertiary/aromatic N) is 2. The number of rotatable bonds is 9. The molecule has 1 aromatic heterocycles. The van der Waals surface area contributed by atoms with Gasteiger partial charge < -0.3 is 14.8 Å². The third-order valence-electron chi connectivity index (χ3n) is 2.67. The van der Waals surface area contributed by atoms with Gasteiger partial charge >= 0.3 is 5.97 Å². The summed E-state index contributed by atoms with van der Waals surface area (Å²) in [7, 11) is 1.40. The molecule has 1 aromatic rings. The number of aromatic nitrogens is 2. The second kappa shape index (κ2) is 8.53. The van der Waals surface area contributed by atoms with Gasteiger partial charge in [0.1, 0.15) is 6.04 Å². The normalized spacial score (nSPS) is 12.2. The molecule has 0 aliphatic heterocycles. The lowest BCUT2D eigenvalue weighted by molar-refractivity contribution is -0.143. The van der Waals surface area contributed by atoms with E-state index in [4.69, 9.17) is 9.47 Å². The Hall–Kier alpha value is -1.56. The van der Waals surface area contributed by atoms with Crippen LogP contribution in [0, 0.1) is 0 Å². The first-order valence-electron chi connectivity index (χ1n) is 6.67. The topological polar surface area (TPSA) is 65.4 Å². The van der Waals surface area contributed by atoms with Crippen molar-refractivity contribution < 1.29 is 14.3 Å². The van der Waals surface area contributed by atoms with E-state index in [0.717, 1.165) is 18.7 Å². The molecule has 0 radical (unpaired) electrons. The molecule has 0 fully saturated rings. The van der Waals surface area contributed by atoms with E-state index in [1.165, 1.54) is 7.11 Å². The first-order chi connectivity index (χ1) is 9.21. The molecular formula is C13H23N3O3. The molecule has 0 aliphatic rings. The van der Waals surface area contributed by atoms with Gasteiger partial charge in [-0.3, -0.25) is 9.48 Å². The molecule has 1 unspecified atom stereocenters. The lowest BCUT2D eigenvalue weighted by atomic mass is 10.2. The highest BCUT2D eigenvalue weighted by atomic mass is 16.5. The number of hydrogen-bond donors (Lipinski definition) is 1. The number of esters is 1. The lowest BCUT2D eigenvalue weighted by Crippen LogP contribution is -2.38. The van der Waals surface area contributed by atoms with Crippen LogP contribution >= 0.6 is 0 Å². The van der Waals surface area contributed by atoms with Crippen LogP contribution in [0.1, 0.15) is 26.7 Å². The molecule has 6 heteroatoms. The van der Waals surface area contributed by atoms with Gasteiger partial charge in [-0.15, -0.1) is 0 Å². The molecule has 1 N–H and O–H groups in total. The predicted molar refractivity (Wildman–Crippen MR) is 72.1 cm³/mol. The molecule has 1 rings (SSSR count). The van der Waals surface area contributed by atoms with Crippen molar-refractivity contribution in [2.75, 3.05) is 20.3 Å². The molecule has 0 saturated carbocycles. The van der Waals surface area contributed by atoms with Crippen molar-refractivity contribution in [2.45, 2.75) is 39.3 Å². The molecule has 0 aromatic carbocycles. The summed E-state index contributed by atoms with van der Waals surface area (Å²) in [5.74, 6) is 0.524. The van der Waals surface area contributed by atoms with Crippen LogP contribution in [-0.4, -0.2) is 42.1 Å². The van der Waals surface area contributed by atoms with Crippen LogP contribution in [-0.2, 0) is 16.1 Å². The fourth-order valence-electron chi connectivity index (χ4n) is 1.71. The Kier molecular flexibility index (Phi) is 6.95. The van der Waals surface area contributed by atoms with Gasteiger partial charge in [0.25, 0.3) is 0 Å². The first kappa shape index (κ1) is 15.5. The van der Waals surface area contributed by atoms with Crippen molar-refractivity contribution in [3.05, 3.63) is 12.4 Å². The van der Waals surface area contributed by atoms with Crippen molar-refractivity contribution in [1.29, 1.82) is 0 Å². The monoisotopic (exact) mass is 269 g/mol. The maximum absolute atomic E-state index is 11.5. The highest BCUT2D eigenvalue weighted by Crippen LogP contribution is 2.09. The summed E-state index contributed by atoms with van der Waals surface area (Å²) >= 11 is 0. The minimum atomic E-state index is -0.292. The number of nitrogens with one attached hydrogen (secondary N) is 1. The Balaban J connectivity index is 2.44. The van der Waals surface area contributed by atoms with Crippen molar-refractivity contribution in [3.63, 3.8) is 0 Å².